The van der Waals surface area contributed by atoms with Crippen LogP contribution in [0.2, 0.25) is 5.02 Å². The van der Waals surface area contributed by atoms with Crippen molar-refractivity contribution < 1.29 is 24.6 Å². The number of benzene rings is 1. The molecule has 3 heterocycles. The molecule has 1 aromatic heterocycles. The van der Waals surface area contributed by atoms with Crippen LogP contribution in [0.3, 0.4) is 0 Å². The van der Waals surface area contributed by atoms with Crippen LogP contribution in [-0.2, 0) is 27.2 Å². The summed E-state index contributed by atoms with van der Waals surface area (Å²) in [5, 5.41) is 19.3. The Labute approximate surface area is 268 Å². The summed E-state index contributed by atoms with van der Waals surface area (Å²) >= 11 is 13.9. The van der Waals surface area contributed by atoms with Crippen molar-refractivity contribution in [3.05, 3.63) is 60.7 Å². The number of carbonyl (C=O) groups is 3. The minimum absolute atomic E-state index is 0.130. The van der Waals surface area contributed by atoms with Gasteiger partial charge in [0.2, 0.25) is 11.8 Å². The molecule has 2 N–H and O–H groups in total. The predicted molar refractivity (Wildman–Crippen MR) is 166 cm³/mol. The molecular formula is C31H36Br2ClN3O5. The van der Waals surface area contributed by atoms with Crippen LogP contribution >= 0.6 is 43.5 Å². The van der Waals surface area contributed by atoms with E-state index >= 15 is 0 Å². The molecule has 3 aliphatic rings. The number of rotatable bonds is 7. The highest BCUT2D eigenvalue weighted by molar-refractivity contribution is 9.10. The van der Waals surface area contributed by atoms with Gasteiger partial charge in [-0.25, -0.2) is 0 Å². The molecule has 0 spiro atoms. The molecule has 1 aromatic carbocycles. The van der Waals surface area contributed by atoms with Crippen LogP contribution in [0, 0.1) is 11.8 Å². The van der Waals surface area contributed by atoms with Gasteiger partial charge in [0.15, 0.2) is 0 Å². The van der Waals surface area contributed by atoms with Gasteiger partial charge in [-0.3, -0.25) is 19.4 Å². The van der Waals surface area contributed by atoms with Crippen molar-refractivity contribution in [3.63, 3.8) is 0 Å². The maximum atomic E-state index is 13.3. The fourth-order valence-corrected chi connectivity index (χ4v) is 8.38. The second-order valence-electron chi connectivity index (χ2n) is 11.8. The van der Waals surface area contributed by atoms with Gasteiger partial charge in [-0.15, -0.1) is 0 Å². The summed E-state index contributed by atoms with van der Waals surface area (Å²) in [5.41, 5.74) is 4.91. The van der Waals surface area contributed by atoms with Crippen molar-refractivity contribution in [3.8, 4) is 0 Å². The molecule has 1 aliphatic carbocycles. The van der Waals surface area contributed by atoms with Gasteiger partial charge < -0.3 is 20.0 Å². The van der Waals surface area contributed by atoms with E-state index in [1.165, 1.54) is 16.7 Å². The number of aliphatic hydroxyl groups excluding tert-OH is 1. The van der Waals surface area contributed by atoms with Gasteiger partial charge in [-0.2, -0.15) is 0 Å². The van der Waals surface area contributed by atoms with Crippen molar-refractivity contribution in [1.82, 2.24) is 14.8 Å². The quantitative estimate of drug-likeness (QED) is 0.386. The predicted octanol–water partition coefficient (Wildman–Crippen LogP) is 5.58. The van der Waals surface area contributed by atoms with E-state index in [2.05, 4.69) is 44.0 Å². The molecule has 2 aromatic rings. The van der Waals surface area contributed by atoms with E-state index < -0.39 is 18.5 Å². The number of aromatic nitrogens is 1. The van der Waals surface area contributed by atoms with Crippen molar-refractivity contribution in [1.29, 1.82) is 0 Å². The molecule has 2 fully saturated rings. The Balaban J connectivity index is 1.19. The molecule has 0 radical (unpaired) electrons. The largest absolute Gasteiger partial charge is 0.481 e. The zero-order valence-electron chi connectivity index (χ0n) is 23.4. The van der Waals surface area contributed by atoms with Crippen molar-refractivity contribution in [2.24, 2.45) is 11.8 Å². The summed E-state index contributed by atoms with van der Waals surface area (Å²) in [7, 11) is 0. The SMILES string of the molecule is O=C(O)C[C@H](O)CC(=O)N1CCC(CC(=O)N2CCC([C@H]3c4ncc(Br)cc4CCc4cc(Cl)cc(Br)c43)CC2)CC1. The second kappa shape index (κ2) is 13.7. The standard InChI is InChI=1S/C31H36Br2ClN3O5/c32-22-12-21-2-1-20-13-23(34)14-25(33)29(20)30(31(21)35-17-22)19-5-9-37(10-6-19)26(39)11-18-3-7-36(8-4-18)27(40)15-24(38)16-28(41)42/h12-14,17-19,24,30,38H,1-11,15-16H2,(H,41,42)/t24-,30-/m1/s1. The van der Waals surface area contributed by atoms with Gasteiger partial charge in [-0.1, -0.05) is 27.5 Å². The van der Waals surface area contributed by atoms with Gasteiger partial charge >= 0.3 is 5.97 Å². The Morgan fingerprint density at radius 1 is 0.929 bits per heavy atom. The molecule has 226 valence electrons. The van der Waals surface area contributed by atoms with E-state index in [1.54, 1.807) is 4.90 Å². The highest BCUT2D eigenvalue weighted by Gasteiger charge is 2.37. The fourth-order valence-electron chi connectivity index (χ4n) is 6.88. The van der Waals surface area contributed by atoms with Crippen LogP contribution < -0.4 is 0 Å². The number of carboxylic acids is 1. The average Bonchev–Trinajstić information content (AvgIpc) is 3.09. The third-order valence-electron chi connectivity index (χ3n) is 9.03. The number of fused-ring (bicyclic) bond motifs is 2. The summed E-state index contributed by atoms with van der Waals surface area (Å²) in [4.78, 5) is 45.1. The Morgan fingerprint density at radius 2 is 1.57 bits per heavy atom. The number of nitrogens with zero attached hydrogens (tertiary/aromatic N) is 3. The number of pyridine rings is 1. The topological polar surface area (TPSA) is 111 Å². The summed E-state index contributed by atoms with van der Waals surface area (Å²) in [5.74, 6) is -0.484. The minimum Gasteiger partial charge on any atom is -0.481 e. The molecule has 11 heteroatoms. The number of likely N-dealkylation sites (tertiary alicyclic amines) is 2. The molecule has 2 atom stereocenters. The first-order valence-corrected chi connectivity index (χ1v) is 16.6. The lowest BCUT2D eigenvalue weighted by atomic mass is 9.76. The lowest BCUT2D eigenvalue weighted by Crippen LogP contribution is -2.43. The number of piperidine rings is 2. The van der Waals surface area contributed by atoms with E-state index in [1.807, 2.05) is 17.2 Å². The zero-order chi connectivity index (χ0) is 30.0. The first kappa shape index (κ1) is 31.4. The van der Waals surface area contributed by atoms with E-state index in [0.29, 0.717) is 38.5 Å². The maximum absolute atomic E-state index is 13.3. The normalized spacial score (nSPS) is 20.4. The molecular weight excluding hydrogens is 690 g/mol. The van der Waals surface area contributed by atoms with E-state index in [-0.39, 0.29) is 30.1 Å². The monoisotopic (exact) mass is 723 g/mol. The van der Waals surface area contributed by atoms with Crippen LogP contribution in [0.5, 0.6) is 0 Å². The number of aliphatic carboxylic acids is 1. The smallest absolute Gasteiger partial charge is 0.305 e. The van der Waals surface area contributed by atoms with Crippen LogP contribution in [0.1, 0.15) is 73.2 Å². The summed E-state index contributed by atoms with van der Waals surface area (Å²) in [6, 6.07) is 6.25. The maximum Gasteiger partial charge on any atom is 0.305 e. The number of carboxylic acid groups (broad SMARTS) is 1. The number of aryl methyl sites for hydroxylation is 2. The lowest BCUT2D eigenvalue weighted by Gasteiger charge is -2.38. The Bertz CT molecular complexity index is 1340. The summed E-state index contributed by atoms with van der Waals surface area (Å²) < 4.78 is 2.00. The Hall–Kier alpha value is -2.01. The first-order valence-electron chi connectivity index (χ1n) is 14.7. The minimum atomic E-state index is -1.17. The van der Waals surface area contributed by atoms with Crippen LogP contribution in [0.25, 0.3) is 0 Å². The molecule has 0 bridgehead atoms. The van der Waals surface area contributed by atoms with Crippen LogP contribution in [0.15, 0.2) is 33.3 Å². The highest BCUT2D eigenvalue weighted by Crippen LogP contribution is 2.46. The molecule has 0 saturated carbocycles. The van der Waals surface area contributed by atoms with Crippen molar-refractivity contribution >= 4 is 61.2 Å². The molecule has 42 heavy (non-hydrogen) atoms. The zero-order valence-corrected chi connectivity index (χ0v) is 27.3. The number of carbonyl (C=O) groups excluding carboxylic acids is 2. The number of halogens is 3. The third-order valence-corrected chi connectivity index (χ3v) is 10.3. The third kappa shape index (κ3) is 7.37. The number of hydrogen-bond donors (Lipinski definition) is 2. The van der Waals surface area contributed by atoms with Crippen LogP contribution in [0.4, 0.5) is 0 Å². The number of amides is 2. The van der Waals surface area contributed by atoms with Gasteiger partial charge in [-0.05, 0) is 101 Å². The summed E-state index contributed by atoms with van der Waals surface area (Å²) in [6.45, 7) is 2.48. The Morgan fingerprint density at radius 3 is 2.26 bits per heavy atom. The average molecular weight is 726 g/mol. The van der Waals surface area contributed by atoms with Gasteiger partial charge in [0, 0.05) is 58.7 Å². The van der Waals surface area contributed by atoms with Gasteiger partial charge in [0.25, 0.3) is 0 Å². The Kier molecular flexibility index (Phi) is 10.3. The molecule has 5 rings (SSSR count). The molecule has 2 amide bonds. The number of aliphatic hydroxyl groups is 1. The van der Waals surface area contributed by atoms with Crippen LogP contribution in [-0.4, -0.2) is 75.1 Å². The molecule has 8 nitrogen and oxygen atoms in total. The van der Waals surface area contributed by atoms with Gasteiger partial charge in [0.1, 0.15) is 0 Å². The number of hydrogen-bond acceptors (Lipinski definition) is 5. The second-order valence-corrected chi connectivity index (χ2v) is 14.0. The van der Waals surface area contributed by atoms with E-state index in [9.17, 15) is 19.5 Å². The molecule has 2 aliphatic heterocycles. The fraction of sp³-hybridized carbons (Fsp3) is 0.548. The summed E-state index contributed by atoms with van der Waals surface area (Å²) in [6.07, 6.45) is 5.63. The lowest BCUT2D eigenvalue weighted by molar-refractivity contribution is -0.140. The molecule has 2 saturated heterocycles. The highest BCUT2D eigenvalue weighted by atomic mass is 79.9. The van der Waals surface area contributed by atoms with Crippen molar-refractivity contribution in [2.75, 3.05) is 26.2 Å². The van der Waals surface area contributed by atoms with E-state index in [0.717, 1.165) is 58.2 Å². The molecule has 0 unspecified atom stereocenters. The first-order chi connectivity index (χ1) is 20.1. The van der Waals surface area contributed by atoms with Gasteiger partial charge in [0.05, 0.1) is 24.6 Å². The van der Waals surface area contributed by atoms with E-state index in [4.69, 9.17) is 21.7 Å². The van der Waals surface area contributed by atoms with Crippen molar-refractivity contribution in [2.45, 2.75) is 69.8 Å².